The first-order chi connectivity index (χ1) is 13.6. The number of nitrogens with one attached hydrogen (secondary N) is 2. The molecule has 4 aromatic rings. The van der Waals surface area contributed by atoms with Crippen LogP contribution in [0.3, 0.4) is 0 Å². The minimum atomic E-state index is -0.204. The van der Waals surface area contributed by atoms with Gasteiger partial charge in [0.2, 0.25) is 5.56 Å². The first-order valence-electron chi connectivity index (χ1n) is 8.61. The van der Waals surface area contributed by atoms with Crippen molar-refractivity contribution in [2.24, 2.45) is 0 Å². The Balaban J connectivity index is 1.72. The standard InChI is InChI=1S/C21H16ClN5O/c1-13-23-9-7-19(25-13)27-20-11-14(6-8-24-20)15-10-18(26-21(28)12-15)16-4-2-3-5-17(16)22/h2-12H,1H3,(H,26,28)(H,23,24,25,27). The molecule has 28 heavy (non-hydrogen) atoms. The molecule has 1 aromatic carbocycles. The topological polar surface area (TPSA) is 83.6 Å². The number of H-pyrrole nitrogens is 1. The average Bonchev–Trinajstić information content (AvgIpc) is 2.68. The van der Waals surface area contributed by atoms with E-state index in [0.29, 0.717) is 28.2 Å². The molecule has 138 valence electrons. The summed E-state index contributed by atoms with van der Waals surface area (Å²) in [5, 5.41) is 3.73. The Bertz CT molecular complexity index is 1210. The molecule has 0 bridgehead atoms. The third-order valence-corrected chi connectivity index (χ3v) is 4.46. The number of anilines is 2. The highest BCUT2D eigenvalue weighted by Crippen LogP contribution is 2.29. The Labute approximate surface area is 166 Å². The highest BCUT2D eigenvalue weighted by atomic mass is 35.5. The molecule has 3 aromatic heterocycles. The summed E-state index contributed by atoms with van der Waals surface area (Å²) in [6.45, 7) is 1.82. The molecule has 6 nitrogen and oxygen atoms in total. The largest absolute Gasteiger partial charge is 0.325 e. The Kier molecular flexibility index (Phi) is 4.87. The number of halogens is 1. The second-order valence-electron chi connectivity index (χ2n) is 6.17. The van der Waals surface area contributed by atoms with Crippen molar-refractivity contribution < 1.29 is 0 Å². The van der Waals surface area contributed by atoms with Crippen molar-refractivity contribution in [1.29, 1.82) is 0 Å². The molecule has 0 atom stereocenters. The smallest absolute Gasteiger partial charge is 0.249 e. The Morgan fingerprint density at radius 3 is 2.57 bits per heavy atom. The predicted molar refractivity (Wildman–Crippen MR) is 111 cm³/mol. The summed E-state index contributed by atoms with van der Waals surface area (Å²) in [5.74, 6) is 1.94. The molecule has 0 amide bonds. The summed E-state index contributed by atoms with van der Waals surface area (Å²) in [4.78, 5) is 27.8. The van der Waals surface area contributed by atoms with Gasteiger partial charge in [-0.05, 0) is 48.4 Å². The van der Waals surface area contributed by atoms with Crippen LogP contribution >= 0.6 is 11.6 Å². The zero-order valence-electron chi connectivity index (χ0n) is 15.0. The van der Waals surface area contributed by atoms with Crippen molar-refractivity contribution >= 4 is 23.2 Å². The molecule has 0 unspecified atom stereocenters. The number of hydrogen-bond donors (Lipinski definition) is 2. The van der Waals surface area contributed by atoms with Gasteiger partial charge in [-0.25, -0.2) is 15.0 Å². The Hall–Kier alpha value is -3.51. The highest BCUT2D eigenvalue weighted by Gasteiger charge is 2.08. The number of hydrogen-bond acceptors (Lipinski definition) is 5. The molecule has 0 saturated carbocycles. The lowest BCUT2D eigenvalue weighted by molar-refractivity contribution is 1.05. The van der Waals surface area contributed by atoms with Crippen molar-refractivity contribution in [3.05, 3.63) is 88.2 Å². The molecule has 0 spiro atoms. The molecular formula is C21H16ClN5O. The molecule has 0 saturated heterocycles. The molecule has 0 fully saturated rings. The maximum atomic E-state index is 12.2. The van der Waals surface area contributed by atoms with Gasteiger partial charge in [-0.2, -0.15) is 0 Å². The van der Waals surface area contributed by atoms with Crippen LogP contribution in [0.5, 0.6) is 0 Å². The fourth-order valence-electron chi connectivity index (χ4n) is 2.87. The van der Waals surface area contributed by atoms with Crippen LogP contribution in [0.2, 0.25) is 5.02 Å². The van der Waals surface area contributed by atoms with E-state index < -0.39 is 0 Å². The monoisotopic (exact) mass is 389 g/mol. The van der Waals surface area contributed by atoms with E-state index in [2.05, 4.69) is 25.3 Å². The second-order valence-corrected chi connectivity index (χ2v) is 6.58. The van der Waals surface area contributed by atoms with E-state index in [-0.39, 0.29) is 5.56 Å². The summed E-state index contributed by atoms with van der Waals surface area (Å²) in [7, 11) is 0. The number of nitrogens with zero attached hydrogens (tertiary/aromatic N) is 3. The van der Waals surface area contributed by atoms with Crippen molar-refractivity contribution in [1.82, 2.24) is 19.9 Å². The van der Waals surface area contributed by atoms with Crippen molar-refractivity contribution in [3.63, 3.8) is 0 Å². The summed E-state index contributed by atoms with van der Waals surface area (Å²) in [5.41, 5.74) is 2.84. The molecule has 4 rings (SSSR count). The van der Waals surface area contributed by atoms with Gasteiger partial charge in [0.15, 0.2) is 0 Å². The number of aromatic amines is 1. The molecular weight excluding hydrogens is 374 g/mol. The summed E-state index contributed by atoms with van der Waals surface area (Å²) in [6.07, 6.45) is 3.36. The summed E-state index contributed by atoms with van der Waals surface area (Å²) in [6, 6.07) is 16.3. The SMILES string of the molecule is Cc1nccc(Nc2cc(-c3cc(-c4ccccc4Cl)[nH]c(=O)c3)ccn2)n1. The van der Waals surface area contributed by atoms with Gasteiger partial charge in [0.25, 0.3) is 0 Å². The molecule has 0 aliphatic carbocycles. The van der Waals surface area contributed by atoms with Crippen LogP contribution in [0.1, 0.15) is 5.82 Å². The van der Waals surface area contributed by atoms with Crippen LogP contribution in [0.4, 0.5) is 11.6 Å². The lowest BCUT2D eigenvalue weighted by Crippen LogP contribution is -2.06. The fraction of sp³-hybridized carbons (Fsp3) is 0.0476. The van der Waals surface area contributed by atoms with E-state index in [0.717, 1.165) is 16.7 Å². The third kappa shape index (κ3) is 3.92. The van der Waals surface area contributed by atoms with Crippen molar-refractivity contribution in [2.45, 2.75) is 6.92 Å². The van der Waals surface area contributed by atoms with Gasteiger partial charge < -0.3 is 10.3 Å². The lowest BCUT2D eigenvalue weighted by Gasteiger charge is -2.09. The van der Waals surface area contributed by atoms with Gasteiger partial charge in [0.05, 0.1) is 5.69 Å². The number of aryl methyl sites for hydroxylation is 1. The minimum Gasteiger partial charge on any atom is -0.325 e. The van der Waals surface area contributed by atoms with E-state index in [9.17, 15) is 4.79 Å². The van der Waals surface area contributed by atoms with E-state index >= 15 is 0 Å². The maximum Gasteiger partial charge on any atom is 0.249 e. The van der Waals surface area contributed by atoms with Gasteiger partial charge in [0, 0.05) is 29.0 Å². The Morgan fingerprint density at radius 1 is 0.929 bits per heavy atom. The fourth-order valence-corrected chi connectivity index (χ4v) is 3.11. The molecule has 0 aliphatic heterocycles. The maximum absolute atomic E-state index is 12.2. The average molecular weight is 390 g/mol. The highest BCUT2D eigenvalue weighted by molar-refractivity contribution is 6.33. The first kappa shape index (κ1) is 17.9. The number of pyridine rings is 2. The quantitative estimate of drug-likeness (QED) is 0.533. The van der Waals surface area contributed by atoms with Gasteiger partial charge in [-0.15, -0.1) is 0 Å². The first-order valence-corrected chi connectivity index (χ1v) is 8.99. The predicted octanol–water partition coefficient (Wildman–Crippen LogP) is 4.60. The van der Waals surface area contributed by atoms with Crippen LogP contribution in [0.25, 0.3) is 22.4 Å². The van der Waals surface area contributed by atoms with Crippen LogP contribution in [0, 0.1) is 6.92 Å². The second kappa shape index (κ2) is 7.62. The number of aromatic nitrogens is 4. The van der Waals surface area contributed by atoms with E-state index in [1.165, 1.54) is 0 Å². The number of benzene rings is 1. The minimum absolute atomic E-state index is 0.204. The Morgan fingerprint density at radius 2 is 1.75 bits per heavy atom. The van der Waals surface area contributed by atoms with Crippen molar-refractivity contribution in [2.75, 3.05) is 5.32 Å². The number of rotatable bonds is 4. The van der Waals surface area contributed by atoms with Crippen LogP contribution in [-0.4, -0.2) is 19.9 Å². The summed E-state index contributed by atoms with van der Waals surface area (Å²) < 4.78 is 0. The molecule has 2 N–H and O–H groups in total. The van der Waals surface area contributed by atoms with E-state index in [1.54, 1.807) is 30.6 Å². The van der Waals surface area contributed by atoms with Gasteiger partial charge in [-0.3, -0.25) is 4.79 Å². The van der Waals surface area contributed by atoms with Crippen molar-refractivity contribution in [3.8, 4) is 22.4 Å². The lowest BCUT2D eigenvalue weighted by atomic mass is 10.0. The molecule has 7 heteroatoms. The van der Waals surface area contributed by atoms with Gasteiger partial charge in [0.1, 0.15) is 17.5 Å². The van der Waals surface area contributed by atoms with Crippen LogP contribution in [0.15, 0.2) is 71.8 Å². The van der Waals surface area contributed by atoms with E-state index in [4.69, 9.17) is 11.6 Å². The third-order valence-electron chi connectivity index (χ3n) is 4.13. The zero-order valence-corrected chi connectivity index (χ0v) is 15.7. The van der Waals surface area contributed by atoms with Gasteiger partial charge in [-0.1, -0.05) is 29.8 Å². The zero-order chi connectivity index (χ0) is 19.5. The van der Waals surface area contributed by atoms with Crippen LogP contribution < -0.4 is 10.9 Å². The molecule has 0 aliphatic rings. The van der Waals surface area contributed by atoms with E-state index in [1.807, 2.05) is 43.3 Å². The normalized spacial score (nSPS) is 10.6. The molecule has 3 heterocycles. The van der Waals surface area contributed by atoms with Crippen LogP contribution in [-0.2, 0) is 0 Å². The molecule has 0 radical (unpaired) electrons. The summed E-state index contributed by atoms with van der Waals surface area (Å²) >= 11 is 6.28. The van der Waals surface area contributed by atoms with Gasteiger partial charge >= 0.3 is 0 Å².